The number of benzene rings is 5. The average Bonchev–Trinajstić information content (AvgIpc) is 3.79. The molecule has 0 unspecified atom stereocenters. The fourth-order valence-electron chi connectivity index (χ4n) is 9.38. The van der Waals surface area contributed by atoms with Gasteiger partial charge in [0.25, 0.3) is 5.69 Å². The molecule has 2 fully saturated rings. The minimum Gasteiger partial charge on any atom is -0.508 e. The van der Waals surface area contributed by atoms with Crippen LogP contribution in [0, 0.1) is 33.8 Å². The highest BCUT2D eigenvalue weighted by molar-refractivity contribution is 6.23. The number of hydrogen-bond acceptors (Lipinski definition) is 14. The zero-order chi connectivity index (χ0) is 46.9. The first-order valence-corrected chi connectivity index (χ1v) is 20.5. The summed E-state index contributed by atoms with van der Waals surface area (Å²) in [6.07, 6.45) is -2.52. The highest BCUT2D eigenvalue weighted by Crippen LogP contribution is 2.65. The van der Waals surface area contributed by atoms with Crippen molar-refractivity contribution in [3.05, 3.63) is 171 Å². The van der Waals surface area contributed by atoms with E-state index in [1.807, 2.05) is 12.1 Å². The molecule has 0 bridgehead atoms. The topological polar surface area (TPSA) is 235 Å². The van der Waals surface area contributed by atoms with E-state index in [1.54, 1.807) is 65.6 Å². The number of amides is 3. The van der Waals surface area contributed by atoms with Crippen LogP contribution in [-0.2, 0) is 54.9 Å². The van der Waals surface area contributed by atoms with Crippen molar-refractivity contribution >= 4 is 47.2 Å². The van der Waals surface area contributed by atoms with Gasteiger partial charge in [-0.05, 0) is 70.3 Å². The van der Waals surface area contributed by atoms with Crippen molar-refractivity contribution < 1.29 is 57.7 Å². The first-order chi connectivity index (χ1) is 31.8. The Morgan fingerprint density at radius 3 is 2.05 bits per heavy atom. The molecule has 3 N–H and O–H groups in total. The number of esters is 3. The Morgan fingerprint density at radius 1 is 0.833 bits per heavy atom. The molecule has 3 aliphatic heterocycles. The molecule has 5 aromatic carbocycles. The van der Waals surface area contributed by atoms with Crippen molar-refractivity contribution in [2.45, 2.75) is 42.7 Å². The van der Waals surface area contributed by atoms with Gasteiger partial charge in [0.05, 0.1) is 42.8 Å². The van der Waals surface area contributed by atoms with Crippen LogP contribution >= 0.6 is 0 Å². The van der Waals surface area contributed by atoms with Crippen LogP contribution in [0.25, 0.3) is 0 Å². The molecular weight excluding hydrogens is 853 g/mol. The predicted octanol–water partition coefficient (Wildman–Crippen LogP) is 5.49. The van der Waals surface area contributed by atoms with Gasteiger partial charge in [0.1, 0.15) is 29.9 Å². The molecule has 1 spiro atoms. The zero-order valence-electron chi connectivity index (χ0n) is 35.3. The van der Waals surface area contributed by atoms with Gasteiger partial charge in [-0.25, -0.2) is 9.69 Å². The molecular formula is C49H40N4O13. The third-order valence-electron chi connectivity index (χ3n) is 12.2. The second kappa shape index (κ2) is 18.0. The molecule has 5 aromatic rings. The predicted molar refractivity (Wildman–Crippen MR) is 232 cm³/mol. The van der Waals surface area contributed by atoms with Gasteiger partial charge in [0, 0.05) is 24.1 Å². The summed E-state index contributed by atoms with van der Waals surface area (Å²) >= 11 is 0. The summed E-state index contributed by atoms with van der Waals surface area (Å²) in [5, 5.41) is 21.9. The van der Waals surface area contributed by atoms with Gasteiger partial charge in [-0.1, -0.05) is 84.6 Å². The van der Waals surface area contributed by atoms with Crippen molar-refractivity contribution in [1.82, 2.24) is 4.90 Å². The van der Waals surface area contributed by atoms with Gasteiger partial charge in [-0.2, -0.15) is 0 Å². The van der Waals surface area contributed by atoms with Crippen LogP contribution in [0.4, 0.5) is 16.2 Å². The lowest BCUT2D eigenvalue weighted by atomic mass is 9.65. The van der Waals surface area contributed by atoms with Crippen molar-refractivity contribution in [3.8, 4) is 17.6 Å². The van der Waals surface area contributed by atoms with E-state index in [9.17, 15) is 39.2 Å². The summed E-state index contributed by atoms with van der Waals surface area (Å²) < 4.78 is 21.6. The maximum atomic E-state index is 16.0. The molecule has 17 heteroatoms. The second-order valence-corrected chi connectivity index (χ2v) is 15.7. The standard InChI is InChI=1S/C49H40N4O13/c1-63-44(56)35(45(57)64-2)15-9-10-28-18-25-37-36(26-28)49(47(59)51(37)48(60)65-27-29-16-21-33(22-17-29)53(61)62)38(43(50)55)40-46(58)66-41(31-13-7-4-8-14-31)39(30-11-5-3-6-12-30)52(40)42(49)32-19-23-34(54)24-20-32/h3-8,11-14,16-26,35,38-42,54H,15,27H2,1-2H3,(H2,50,55)/t38-,39-,40-,41+,42+,49-/m1/s1. The number of phenols is 1. The van der Waals surface area contributed by atoms with Gasteiger partial charge in [0.2, 0.25) is 11.8 Å². The molecule has 17 nitrogen and oxygen atoms in total. The number of nitrogens with zero attached hydrogens (tertiary/aromatic N) is 3. The van der Waals surface area contributed by atoms with Crippen molar-refractivity contribution in [2.75, 3.05) is 19.1 Å². The van der Waals surface area contributed by atoms with E-state index in [1.165, 1.54) is 54.6 Å². The molecule has 0 saturated carbocycles. The lowest BCUT2D eigenvalue weighted by molar-refractivity contribution is -0.384. The molecule has 0 aromatic heterocycles. The monoisotopic (exact) mass is 892 g/mol. The zero-order valence-corrected chi connectivity index (χ0v) is 35.3. The summed E-state index contributed by atoms with van der Waals surface area (Å²) in [7, 11) is 2.22. The number of anilines is 1. The Labute approximate surface area is 376 Å². The Kier molecular flexibility index (Phi) is 12.1. The number of ether oxygens (including phenoxy) is 4. The Balaban J connectivity index is 1.36. The first kappa shape index (κ1) is 44.3. The van der Waals surface area contributed by atoms with Crippen LogP contribution in [-0.4, -0.2) is 71.0 Å². The summed E-state index contributed by atoms with van der Waals surface area (Å²) in [6, 6.07) is 29.7. The maximum absolute atomic E-state index is 16.0. The number of morpholine rings is 1. The fraction of sp³-hybridized carbons (Fsp3) is 0.224. The molecule has 0 aliphatic carbocycles. The summed E-state index contributed by atoms with van der Waals surface area (Å²) in [5.41, 5.74) is 6.13. The van der Waals surface area contributed by atoms with E-state index < -0.39 is 88.8 Å². The van der Waals surface area contributed by atoms with Crippen LogP contribution in [0.2, 0.25) is 0 Å². The molecule has 0 radical (unpaired) electrons. The highest BCUT2D eigenvalue weighted by Gasteiger charge is 2.75. The lowest BCUT2D eigenvalue weighted by Crippen LogP contribution is -2.55. The Hall–Kier alpha value is -8.36. The fourth-order valence-corrected chi connectivity index (χ4v) is 9.38. The van der Waals surface area contributed by atoms with Crippen molar-refractivity contribution in [1.29, 1.82) is 0 Å². The van der Waals surface area contributed by atoms with Crippen LogP contribution < -0.4 is 10.6 Å². The molecule has 3 heterocycles. The number of methoxy groups -OCH3 is 2. The number of carbonyl (C=O) groups is 6. The van der Waals surface area contributed by atoms with E-state index in [4.69, 9.17) is 24.7 Å². The van der Waals surface area contributed by atoms with E-state index in [0.29, 0.717) is 22.3 Å². The number of hydrogen-bond donors (Lipinski definition) is 2. The lowest BCUT2D eigenvalue weighted by Gasteiger charge is -2.46. The minimum atomic E-state index is -2.23. The van der Waals surface area contributed by atoms with Crippen LogP contribution in [0.15, 0.2) is 127 Å². The van der Waals surface area contributed by atoms with E-state index in [2.05, 4.69) is 11.8 Å². The summed E-state index contributed by atoms with van der Waals surface area (Å²) in [5.74, 6) is -2.24. The highest BCUT2D eigenvalue weighted by atomic mass is 16.6. The van der Waals surface area contributed by atoms with E-state index in [-0.39, 0.29) is 34.7 Å². The second-order valence-electron chi connectivity index (χ2n) is 15.7. The SMILES string of the molecule is COC(=O)C(CC#Cc1ccc2c(c1)[C@]1(C(=O)N2C(=O)OCc2ccc([N+](=O)[O-])cc2)[C@H](c2ccc(O)cc2)N2[C@H](c3ccccc3)[C@H](c3ccccc3)OC(=O)[C@H]2[C@@H]1C(N)=O)C(=O)OC. The number of aromatic hydroxyl groups is 1. The van der Waals surface area contributed by atoms with Crippen LogP contribution in [0.3, 0.4) is 0 Å². The number of phenolic OH excluding ortho intramolecular Hbond substituents is 1. The van der Waals surface area contributed by atoms with E-state index in [0.717, 1.165) is 19.1 Å². The molecule has 66 heavy (non-hydrogen) atoms. The third kappa shape index (κ3) is 7.62. The average molecular weight is 893 g/mol. The molecule has 334 valence electrons. The van der Waals surface area contributed by atoms with Gasteiger partial charge >= 0.3 is 24.0 Å². The number of cyclic esters (lactones) is 1. The summed E-state index contributed by atoms with van der Waals surface area (Å²) in [6.45, 7) is -0.426. The number of imide groups is 1. The molecule has 8 rings (SSSR count). The third-order valence-corrected chi connectivity index (χ3v) is 12.2. The number of nitrogens with two attached hydrogens (primary N) is 1. The largest absolute Gasteiger partial charge is 0.508 e. The molecule has 3 amide bonds. The number of non-ortho nitro benzene ring substituents is 1. The van der Waals surface area contributed by atoms with Crippen LogP contribution in [0.5, 0.6) is 5.75 Å². The number of primary amides is 1. The van der Waals surface area contributed by atoms with Crippen LogP contribution in [0.1, 0.15) is 58.0 Å². The minimum absolute atomic E-state index is 0.0413. The quantitative estimate of drug-likeness (QED) is 0.0441. The maximum Gasteiger partial charge on any atom is 0.421 e. The van der Waals surface area contributed by atoms with Crippen molar-refractivity contribution in [3.63, 3.8) is 0 Å². The number of carbonyl (C=O) groups excluding carboxylic acids is 6. The normalized spacial score (nSPS) is 21.8. The van der Waals surface area contributed by atoms with Gasteiger partial charge in [-0.3, -0.25) is 39.0 Å². The number of fused-ring (bicyclic) bond motifs is 3. The number of nitro groups is 1. The molecule has 3 aliphatic rings. The number of rotatable bonds is 10. The Bertz CT molecular complexity index is 2790. The summed E-state index contributed by atoms with van der Waals surface area (Å²) in [4.78, 5) is 97.9. The number of nitro benzene ring substituents is 1. The van der Waals surface area contributed by atoms with Gasteiger partial charge in [0.15, 0.2) is 5.92 Å². The van der Waals surface area contributed by atoms with E-state index >= 15 is 4.79 Å². The van der Waals surface area contributed by atoms with Gasteiger partial charge in [-0.15, -0.1) is 0 Å². The first-order valence-electron chi connectivity index (χ1n) is 20.5. The Morgan fingerprint density at radius 2 is 1.45 bits per heavy atom. The van der Waals surface area contributed by atoms with Crippen molar-refractivity contribution in [2.24, 2.45) is 17.6 Å². The molecule has 2 saturated heterocycles. The molecule has 6 atom stereocenters. The van der Waals surface area contributed by atoms with Gasteiger partial charge < -0.3 is 29.8 Å². The smallest absolute Gasteiger partial charge is 0.421 e.